The van der Waals surface area contributed by atoms with E-state index in [1.54, 1.807) is 6.08 Å². The average Bonchev–Trinajstić information content (AvgIpc) is 2.56. The van der Waals surface area contributed by atoms with Gasteiger partial charge in [0.1, 0.15) is 0 Å². The van der Waals surface area contributed by atoms with E-state index in [2.05, 4.69) is 55.8 Å². The highest BCUT2D eigenvalue weighted by Gasteiger charge is 2.36. The molecule has 0 atom stereocenters. The van der Waals surface area contributed by atoms with Crippen LogP contribution in [0.5, 0.6) is 0 Å². The second-order valence-electron chi connectivity index (χ2n) is 8.45. The summed E-state index contributed by atoms with van der Waals surface area (Å²) in [4.78, 5) is 11.9. The van der Waals surface area contributed by atoms with Crippen LogP contribution in [0.2, 0.25) is 0 Å². The van der Waals surface area contributed by atoms with Crippen LogP contribution in [0.3, 0.4) is 0 Å². The van der Waals surface area contributed by atoms with E-state index in [4.69, 9.17) is 0 Å². The van der Waals surface area contributed by atoms with Crippen molar-refractivity contribution in [1.29, 1.82) is 0 Å². The number of aliphatic carboxylic acids is 1. The Morgan fingerprint density at radius 3 is 2.27 bits per heavy atom. The fourth-order valence-electron chi connectivity index (χ4n) is 3.79. The minimum absolute atomic E-state index is 0.105. The van der Waals surface area contributed by atoms with E-state index < -0.39 is 5.97 Å². The minimum Gasteiger partial charge on any atom is -0.478 e. The summed E-state index contributed by atoms with van der Waals surface area (Å²) in [6, 6.07) is 13.8. The van der Waals surface area contributed by atoms with E-state index in [1.807, 2.05) is 30.3 Å². The van der Waals surface area contributed by atoms with Crippen LogP contribution in [0.15, 0.2) is 46.9 Å². The second-order valence-corrected chi connectivity index (χ2v) is 9.36. The fraction of sp³-hybridized carbons (Fsp3) is 0.348. The molecule has 0 saturated heterocycles. The first kappa shape index (κ1) is 18.9. The molecule has 3 heteroatoms. The van der Waals surface area contributed by atoms with Crippen LogP contribution < -0.4 is 0 Å². The van der Waals surface area contributed by atoms with Gasteiger partial charge >= 0.3 is 5.97 Å². The summed E-state index contributed by atoms with van der Waals surface area (Å²) in [6.45, 7) is 9.14. The van der Waals surface area contributed by atoms with Gasteiger partial charge < -0.3 is 5.11 Å². The van der Waals surface area contributed by atoms with Gasteiger partial charge in [0.25, 0.3) is 0 Å². The lowest BCUT2D eigenvalue weighted by Crippen LogP contribution is -2.33. The highest BCUT2D eigenvalue weighted by molar-refractivity contribution is 9.10. The highest BCUT2D eigenvalue weighted by Crippen LogP contribution is 2.46. The van der Waals surface area contributed by atoms with Crippen LogP contribution >= 0.6 is 15.9 Å². The highest BCUT2D eigenvalue weighted by atomic mass is 79.9. The molecule has 0 unspecified atom stereocenters. The smallest absolute Gasteiger partial charge is 0.336 e. The van der Waals surface area contributed by atoms with Crippen LogP contribution in [0.4, 0.5) is 0 Å². The quantitative estimate of drug-likeness (QED) is 0.466. The molecule has 0 aromatic heterocycles. The van der Waals surface area contributed by atoms with Gasteiger partial charge in [-0.25, -0.2) is 4.79 Å². The summed E-state index contributed by atoms with van der Waals surface area (Å²) in [5, 5.41) is 9.72. The number of carboxylic acids is 1. The zero-order valence-corrected chi connectivity index (χ0v) is 17.4. The molecule has 1 aliphatic rings. The molecule has 1 N–H and O–H groups in total. The van der Waals surface area contributed by atoms with Gasteiger partial charge in [-0.2, -0.15) is 0 Å². The number of carboxylic acid groups (broad SMARTS) is 1. The zero-order valence-electron chi connectivity index (χ0n) is 15.8. The Bertz CT molecular complexity index is 891. The molecule has 0 heterocycles. The molecule has 1 aliphatic carbocycles. The normalized spacial score (nSPS) is 18.3. The van der Waals surface area contributed by atoms with E-state index in [-0.39, 0.29) is 10.8 Å². The van der Waals surface area contributed by atoms with E-state index >= 15 is 0 Å². The van der Waals surface area contributed by atoms with E-state index in [0.29, 0.717) is 11.1 Å². The Labute approximate surface area is 164 Å². The number of fused-ring (bicyclic) bond motifs is 1. The molecule has 0 radical (unpaired) electrons. The Morgan fingerprint density at radius 2 is 1.65 bits per heavy atom. The number of carbonyl (C=O) groups is 1. The van der Waals surface area contributed by atoms with Crippen molar-refractivity contribution in [2.75, 3.05) is 0 Å². The molecule has 0 spiro atoms. The molecule has 3 rings (SSSR count). The van der Waals surface area contributed by atoms with Crippen LogP contribution in [0.1, 0.15) is 62.8 Å². The van der Waals surface area contributed by atoms with E-state index in [9.17, 15) is 9.90 Å². The molecule has 0 bridgehead atoms. The lowest BCUT2D eigenvalue weighted by molar-refractivity contribution is -0.130. The second kappa shape index (κ2) is 6.70. The first-order valence-corrected chi connectivity index (χ1v) is 9.75. The molecule has 0 amide bonds. The average molecular weight is 413 g/mol. The lowest BCUT2D eigenvalue weighted by Gasteiger charge is -2.42. The van der Waals surface area contributed by atoms with Gasteiger partial charge in [0, 0.05) is 4.47 Å². The monoisotopic (exact) mass is 412 g/mol. The van der Waals surface area contributed by atoms with Crippen LogP contribution in [0, 0.1) is 0 Å². The van der Waals surface area contributed by atoms with Gasteiger partial charge in [0.2, 0.25) is 0 Å². The van der Waals surface area contributed by atoms with Gasteiger partial charge in [-0.05, 0) is 64.1 Å². The van der Waals surface area contributed by atoms with Crippen molar-refractivity contribution in [2.24, 2.45) is 0 Å². The molecule has 0 fully saturated rings. The summed E-state index contributed by atoms with van der Waals surface area (Å²) in [5.41, 5.74) is 4.92. The molecule has 26 heavy (non-hydrogen) atoms. The zero-order chi connectivity index (χ0) is 19.1. The number of hydrogen-bond acceptors (Lipinski definition) is 1. The van der Waals surface area contributed by atoms with Gasteiger partial charge in [0.15, 0.2) is 0 Å². The topological polar surface area (TPSA) is 37.3 Å². The van der Waals surface area contributed by atoms with Gasteiger partial charge in [-0.15, -0.1) is 0 Å². The molecule has 0 saturated carbocycles. The Morgan fingerprint density at radius 1 is 1.00 bits per heavy atom. The summed E-state index contributed by atoms with van der Waals surface area (Å²) >= 11 is 3.42. The molecular weight excluding hydrogens is 388 g/mol. The number of halogens is 1. The van der Waals surface area contributed by atoms with Crippen molar-refractivity contribution in [1.82, 2.24) is 0 Å². The van der Waals surface area contributed by atoms with Crippen molar-refractivity contribution in [2.45, 2.75) is 51.4 Å². The summed E-state index contributed by atoms with van der Waals surface area (Å²) in [7, 11) is 0. The van der Waals surface area contributed by atoms with Crippen molar-refractivity contribution in [3.63, 3.8) is 0 Å². The van der Waals surface area contributed by atoms with E-state index in [1.165, 1.54) is 17.5 Å². The molecule has 2 aromatic rings. The number of hydrogen-bond donors (Lipinski definition) is 1. The molecule has 136 valence electrons. The molecular formula is C23H25BrO2. The standard InChI is InChI=1S/C23H25BrO2/c1-22(2)10-11-23(3,4)20-13-15(8-9-19(20)22)12-18(21(25)26)16-6-5-7-17(24)14-16/h5-9,12-14H,10-11H2,1-4H3,(H,25,26). The van der Waals surface area contributed by atoms with Crippen molar-refractivity contribution in [3.8, 4) is 0 Å². The first-order valence-electron chi connectivity index (χ1n) is 8.96. The van der Waals surface area contributed by atoms with Crippen LogP contribution in [-0.2, 0) is 15.6 Å². The number of rotatable bonds is 3. The van der Waals surface area contributed by atoms with Crippen LogP contribution in [0.25, 0.3) is 11.6 Å². The fourth-order valence-corrected chi connectivity index (χ4v) is 4.19. The molecule has 2 nitrogen and oxygen atoms in total. The third-order valence-corrected chi connectivity index (χ3v) is 6.05. The Hall–Kier alpha value is -1.87. The third-order valence-electron chi connectivity index (χ3n) is 5.55. The predicted octanol–water partition coefficient (Wildman–Crippen LogP) is 6.42. The molecule has 0 aliphatic heterocycles. The predicted molar refractivity (Wildman–Crippen MR) is 111 cm³/mol. The summed E-state index contributed by atoms with van der Waals surface area (Å²) in [5.74, 6) is -0.916. The SMILES string of the molecule is CC1(C)CCC(C)(C)c2cc(C=C(C(=O)O)c3cccc(Br)c3)ccc21. The maximum atomic E-state index is 11.9. The van der Waals surface area contributed by atoms with Crippen molar-refractivity contribution in [3.05, 3.63) is 69.2 Å². The molecule has 2 aromatic carbocycles. The summed E-state index contributed by atoms with van der Waals surface area (Å²) in [6.07, 6.45) is 4.08. The Balaban J connectivity index is 2.12. The maximum absolute atomic E-state index is 11.9. The maximum Gasteiger partial charge on any atom is 0.336 e. The van der Waals surface area contributed by atoms with Crippen LogP contribution in [-0.4, -0.2) is 11.1 Å². The first-order chi connectivity index (χ1) is 12.1. The van der Waals surface area contributed by atoms with Crippen molar-refractivity contribution >= 4 is 33.5 Å². The lowest BCUT2D eigenvalue weighted by atomic mass is 9.63. The van der Waals surface area contributed by atoms with Crippen molar-refractivity contribution < 1.29 is 9.90 Å². The Kier molecular flexibility index (Phi) is 4.87. The third kappa shape index (κ3) is 3.64. The number of benzene rings is 2. The minimum atomic E-state index is -0.916. The largest absolute Gasteiger partial charge is 0.478 e. The van der Waals surface area contributed by atoms with Gasteiger partial charge in [0.05, 0.1) is 5.57 Å². The van der Waals surface area contributed by atoms with Gasteiger partial charge in [-0.1, -0.05) is 74.0 Å². The van der Waals surface area contributed by atoms with Gasteiger partial charge in [-0.3, -0.25) is 0 Å². The van der Waals surface area contributed by atoms with E-state index in [0.717, 1.165) is 16.5 Å². The summed E-state index contributed by atoms with van der Waals surface area (Å²) < 4.78 is 0.871.